The third kappa shape index (κ3) is 8.22. The lowest BCUT2D eigenvalue weighted by Crippen LogP contribution is -2.46. The summed E-state index contributed by atoms with van der Waals surface area (Å²) in [6, 6.07) is 3.26. The highest BCUT2D eigenvalue weighted by molar-refractivity contribution is 6.74. The van der Waals surface area contributed by atoms with Gasteiger partial charge in [0.2, 0.25) is 0 Å². The summed E-state index contributed by atoms with van der Waals surface area (Å²) in [4.78, 5) is 0. The van der Waals surface area contributed by atoms with E-state index in [1.807, 2.05) is 0 Å². The van der Waals surface area contributed by atoms with Gasteiger partial charge in [0.15, 0.2) is 16.6 Å². The summed E-state index contributed by atoms with van der Waals surface area (Å²) < 4.78 is 13.1. The molecule has 0 heterocycles. The van der Waals surface area contributed by atoms with Gasteiger partial charge in [-0.3, -0.25) is 0 Å². The Morgan fingerprint density at radius 3 is 1.76 bits per heavy atom. The maximum atomic E-state index is 9.97. The Labute approximate surface area is 158 Å². The summed E-state index contributed by atoms with van der Waals surface area (Å²) in [6.07, 6.45) is 0.583. The van der Waals surface area contributed by atoms with E-state index in [-0.39, 0.29) is 23.9 Å². The van der Waals surface area contributed by atoms with Crippen molar-refractivity contribution in [3.05, 3.63) is 0 Å². The molecule has 0 aromatic heterocycles. The van der Waals surface area contributed by atoms with Crippen molar-refractivity contribution >= 4 is 16.6 Å². The normalized spacial score (nSPS) is 17.4. The molecule has 0 amide bonds. The van der Waals surface area contributed by atoms with Crippen LogP contribution < -0.4 is 0 Å². The molecule has 0 bridgehead atoms. The lowest BCUT2D eigenvalue weighted by Gasteiger charge is -2.40. The molecule has 0 unspecified atom stereocenters. The number of hydrogen-bond acceptors (Lipinski definition) is 4. The largest absolute Gasteiger partial charge is 0.414 e. The number of rotatable bonds is 12. The molecular formula is C19H44O4Si2. The van der Waals surface area contributed by atoms with Gasteiger partial charge in [-0.05, 0) is 49.6 Å². The van der Waals surface area contributed by atoms with E-state index in [2.05, 4.69) is 61.6 Å². The van der Waals surface area contributed by atoms with Gasteiger partial charge in [0.25, 0.3) is 0 Å². The minimum atomic E-state index is -1.82. The quantitative estimate of drug-likeness (QED) is 0.463. The maximum Gasteiger partial charge on any atom is 0.192 e. The summed E-state index contributed by atoms with van der Waals surface area (Å²) in [6.45, 7) is 19.8. The minimum Gasteiger partial charge on any atom is -0.414 e. The average Bonchev–Trinajstić information content (AvgIpc) is 2.50. The molecule has 4 nitrogen and oxygen atoms in total. The van der Waals surface area contributed by atoms with Crippen LogP contribution >= 0.6 is 0 Å². The van der Waals surface area contributed by atoms with Crippen LogP contribution in [0.25, 0.3) is 0 Å². The molecule has 152 valence electrons. The Balaban J connectivity index is 5.11. The van der Waals surface area contributed by atoms with Crippen LogP contribution in [0.3, 0.4) is 0 Å². The van der Waals surface area contributed by atoms with Crippen LogP contribution in [0.15, 0.2) is 0 Å². The number of aliphatic hydroxyl groups excluding tert-OH is 2. The van der Waals surface area contributed by atoms with Crippen molar-refractivity contribution in [1.29, 1.82) is 0 Å². The van der Waals surface area contributed by atoms with Crippen LogP contribution in [0.2, 0.25) is 36.3 Å². The van der Waals surface area contributed by atoms with E-state index < -0.39 is 22.7 Å². The summed E-state index contributed by atoms with van der Waals surface area (Å²) >= 11 is 0. The van der Waals surface area contributed by atoms with Gasteiger partial charge < -0.3 is 19.1 Å². The fourth-order valence-corrected chi connectivity index (χ4v) is 7.38. The van der Waals surface area contributed by atoms with Crippen molar-refractivity contribution in [3.8, 4) is 0 Å². The molecule has 0 rings (SSSR count). The molecule has 0 spiro atoms. The number of aliphatic hydroxyl groups is 2. The Hall–Kier alpha value is 0.274. The summed E-state index contributed by atoms with van der Waals surface area (Å²) in [5.41, 5.74) is 0. The van der Waals surface area contributed by atoms with Gasteiger partial charge in [-0.25, -0.2) is 0 Å². The monoisotopic (exact) mass is 392 g/mol. The molecule has 25 heavy (non-hydrogen) atoms. The van der Waals surface area contributed by atoms with Crippen molar-refractivity contribution in [2.75, 3.05) is 6.61 Å². The molecule has 0 aromatic rings. The third-order valence-electron chi connectivity index (χ3n) is 5.99. The highest BCUT2D eigenvalue weighted by atomic mass is 28.4. The second-order valence-electron chi connectivity index (χ2n) is 8.98. The van der Waals surface area contributed by atoms with Gasteiger partial charge >= 0.3 is 0 Å². The first-order valence-electron chi connectivity index (χ1n) is 10.0. The summed E-state index contributed by atoms with van der Waals surface area (Å²) in [5.74, 6) is 0. The first-order valence-corrected chi connectivity index (χ1v) is 15.4. The van der Waals surface area contributed by atoms with E-state index in [9.17, 15) is 10.2 Å². The van der Waals surface area contributed by atoms with Gasteiger partial charge in [0, 0.05) is 18.6 Å². The molecule has 6 heteroatoms. The van der Waals surface area contributed by atoms with Crippen molar-refractivity contribution in [2.24, 2.45) is 0 Å². The van der Waals surface area contributed by atoms with E-state index >= 15 is 0 Å². The van der Waals surface area contributed by atoms with E-state index in [1.165, 1.54) is 0 Å². The van der Waals surface area contributed by atoms with Crippen LogP contribution in [0, 0.1) is 0 Å². The van der Waals surface area contributed by atoms with Gasteiger partial charge in [-0.1, -0.05) is 41.5 Å². The molecular weight excluding hydrogens is 348 g/mol. The SMILES string of the molecule is CC[Si](CC)(CC)O[C@H](C[C@@H](O)CO)C[C@@H](C)O[Si](C)(C)C(C)(C)C. The fraction of sp³-hybridized carbons (Fsp3) is 1.00. The Kier molecular flexibility index (Phi) is 10.7. The predicted octanol–water partition coefficient (Wildman–Crippen LogP) is 4.92. The zero-order chi connectivity index (χ0) is 19.9. The van der Waals surface area contributed by atoms with Crippen LogP contribution in [0.1, 0.15) is 61.3 Å². The first-order chi connectivity index (χ1) is 11.4. The van der Waals surface area contributed by atoms with E-state index in [4.69, 9.17) is 8.85 Å². The molecule has 3 atom stereocenters. The fourth-order valence-electron chi connectivity index (χ4n) is 3.02. The zero-order valence-electron chi connectivity index (χ0n) is 18.2. The molecule has 0 aromatic carbocycles. The third-order valence-corrected chi connectivity index (χ3v) is 15.3. The van der Waals surface area contributed by atoms with Crippen LogP contribution in [-0.4, -0.2) is 51.8 Å². The lowest BCUT2D eigenvalue weighted by molar-refractivity contribution is 0.0290. The van der Waals surface area contributed by atoms with Crippen molar-refractivity contribution in [2.45, 2.75) is 116 Å². The second kappa shape index (κ2) is 10.6. The van der Waals surface area contributed by atoms with Gasteiger partial charge in [-0.2, -0.15) is 0 Å². The van der Waals surface area contributed by atoms with E-state index in [0.29, 0.717) is 6.42 Å². The average molecular weight is 393 g/mol. The molecule has 0 saturated carbocycles. The lowest BCUT2D eigenvalue weighted by atomic mass is 10.1. The van der Waals surface area contributed by atoms with Gasteiger partial charge in [-0.15, -0.1) is 0 Å². The van der Waals surface area contributed by atoms with E-state index in [1.54, 1.807) is 0 Å². The zero-order valence-corrected chi connectivity index (χ0v) is 20.2. The molecule has 0 aliphatic rings. The Bertz CT molecular complexity index is 357. The first kappa shape index (κ1) is 25.3. The topological polar surface area (TPSA) is 58.9 Å². The molecule has 0 aliphatic heterocycles. The predicted molar refractivity (Wildman–Crippen MR) is 112 cm³/mol. The Morgan fingerprint density at radius 2 is 1.40 bits per heavy atom. The van der Waals surface area contributed by atoms with Crippen LogP contribution in [-0.2, 0) is 8.85 Å². The standard InChI is InChI=1S/C19H44O4Si2/c1-10-25(11-2,12-3)23-18(14-17(21)15-20)13-16(4)22-24(8,9)19(5,6)7/h16-18,20-21H,10-15H2,1-9H3/t16-,17-,18+/m1/s1. The maximum absolute atomic E-state index is 9.97. The molecule has 0 saturated heterocycles. The van der Waals surface area contributed by atoms with Gasteiger partial charge in [0.05, 0.1) is 12.7 Å². The highest BCUT2D eigenvalue weighted by Crippen LogP contribution is 2.38. The molecule has 0 radical (unpaired) electrons. The summed E-state index contributed by atoms with van der Waals surface area (Å²) in [5, 5.41) is 19.4. The number of hydrogen-bond donors (Lipinski definition) is 2. The Morgan fingerprint density at radius 1 is 0.920 bits per heavy atom. The van der Waals surface area contributed by atoms with Gasteiger partial charge in [0.1, 0.15) is 0 Å². The summed E-state index contributed by atoms with van der Waals surface area (Å²) in [7, 11) is -3.58. The van der Waals surface area contributed by atoms with Crippen molar-refractivity contribution < 1.29 is 19.1 Å². The molecule has 2 N–H and O–H groups in total. The van der Waals surface area contributed by atoms with Crippen LogP contribution in [0.5, 0.6) is 0 Å². The smallest absolute Gasteiger partial charge is 0.192 e. The van der Waals surface area contributed by atoms with E-state index in [0.717, 1.165) is 24.6 Å². The second-order valence-corrected chi connectivity index (χ2v) is 18.5. The molecule has 0 fully saturated rings. The highest BCUT2D eigenvalue weighted by Gasteiger charge is 2.39. The molecule has 0 aliphatic carbocycles. The minimum absolute atomic E-state index is 0.0477. The van der Waals surface area contributed by atoms with Crippen molar-refractivity contribution in [3.63, 3.8) is 0 Å². The van der Waals surface area contributed by atoms with Crippen molar-refractivity contribution in [1.82, 2.24) is 0 Å². The van der Waals surface area contributed by atoms with Crippen LogP contribution in [0.4, 0.5) is 0 Å².